The van der Waals surface area contributed by atoms with Crippen LogP contribution in [-0.2, 0) is 5.41 Å². The third-order valence-corrected chi connectivity index (χ3v) is 2.95. The summed E-state index contributed by atoms with van der Waals surface area (Å²) in [6.07, 6.45) is 2.30. The molecule has 1 aromatic rings. The molecule has 1 radical (unpaired) electrons. The normalized spacial score (nSPS) is 21.3. The second-order valence-corrected chi connectivity index (χ2v) is 3.90. The van der Waals surface area contributed by atoms with Crippen LogP contribution in [0.15, 0.2) is 30.3 Å². The second-order valence-electron chi connectivity index (χ2n) is 3.90. The topological polar surface area (TPSA) is 12.0 Å². The Hall–Kier alpha value is -0.820. The molecule has 1 N–H and O–H groups in total. The van der Waals surface area contributed by atoms with Gasteiger partial charge >= 0.3 is 0 Å². The Morgan fingerprint density at radius 1 is 1.08 bits per heavy atom. The molecule has 1 nitrogen and oxygen atoms in total. The molecule has 1 heteroatoms. The lowest BCUT2D eigenvalue weighted by Gasteiger charge is -2.34. The summed E-state index contributed by atoms with van der Waals surface area (Å²) < 4.78 is 0. The van der Waals surface area contributed by atoms with Gasteiger partial charge in [0.2, 0.25) is 0 Å². The third-order valence-electron chi connectivity index (χ3n) is 2.95. The Labute approximate surface area is 80.2 Å². The van der Waals surface area contributed by atoms with Crippen LogP contribution in [0.3, 0.4) is 0 Å². The van der Waals surface area contributed by atoms with Crippen LogP contribution in [0, 0.1) is 6.92 Å². The summed E-state index contributed by atoms with van der Waals surface area (Å²) in [6, 6.07) is 10.7. The van der Waals surface area contributed by atoms with Crippen molar-refractivity contribution >= 4 is 0 Å². The Bertz CT molecular complexity index is 260. The molecular weight excluding hydrogens is 158 g/mol. The minimum Gasteiger partial charge on any atom is -0.317 e. The fourth-order valence-corrected chi connectivity index (χ4v) is 1.99. The standard InChI is InChI=1S/C12H16N/c1-12(7-9-13-10-8-12)11-5-3-2-4-6-11/h2-6,13H,1,7-10H2. The van der Waals surface area contributed by atoms with E-state index in [0.717, 1.165) is 25.9 Å². The first kappa shape index (κ1) is 8.76. The van der Waals surface area contributed by atoms with Gasteiger partial charge in [0.1, 0.15) is 0 Å². The highest BCUT2D eigenvalue weighted by Crippen LogP contribution is 2.31. The van der Waals surface area contributed by atoms with Gasteiger partial charge in [0.15, 0.2) is 0 Å². The second kappa shape index (κ2) is 3.51. The third kappa shape index (κ3) is 1.75. The van der Waals surface area contributed by atoms with Crippen LogP contribution >= 0.6 is 0 Å². The van der Waals surface area contributed by atoms with E-state index in [1.807, 2.05) is 0 Å². The lowest BCUT2D eigenvalue weighted by molar-refractivity contribution is 0.370. The Balaban J connectivity index is 2.23. The van der Waals surface area contributed by atoms with Gasteiger partial charge in [-0.3, -0.25) is 0 Å². The van der Waals surface area contributed by atoms with E-state index in [2.05, 4.69) is 42.6 Å². The van der Waals surface area contributed by atoms with Gasteiger partial charge in [-0.15, -0.1) is 0 Å². The summed E-state index contributed by atoms with van der Waals surface area (Å²) in [5, 5.41) is 3.37. The molecule has 0 spiro atoms. The van der Waals surface area contributed by atoms with E-state index in [1.54, 1.807) is 0 Å². The molecule has 2 rings (SSSR count). The molecule has 0 amide bonds. The maximum atomic E-state index is 4.36. The number of piperidine rings is 1. The van der Waals surface area contributed by atoms with Gasteiger partial charge in [0.25, 0.3) is 0 Å². The smallest absolute Gasteiger partial charge is 0.00226 e. The molecule has 1 aromatic carbocycles. The Morgan fingerprint density at radius 3 is 2.31 bits per heavy atom. The molecular formula is C12H16N. The first-order chi connectivity index (χ1) is 6.31. The number of nitrogens with one attached hydrogen (secondary N) is 1. The van der Waals surface area contributed by atoms with Crippen molar-refractivity contribution in [1.82, 2.24) is 5.32 Å². The first-order valence-electron chi connectivity index (χ1n) is 4.93. The summed E-state index contributed by atoms with van der Waals surface area (Å²) in [4.78, 5) is 0. The predicted molar refractivity (Wildman–Crippen MR) is 55.6 cm³/mol. The Kier molecular flexibility index (Phi) is 2.36. The molecule has 1 fully saturated rings. The summed E-state index contributed by atoms with van der Waals surface area (Å²) in [5.74, 6) is 0. The Morgan fingerprint density at radius 2 is 1.69 bits per heavy atom. The van der Waals surface area contributed by atoms with Crippen molar-refractivity contribution in [1.29, 1.82) is 0 Å². The van der Waals surface area contributed by atoms with Crippen molar-refractivity contribution in [3.05, 3.63) is 42.8 Å². The van der Waals surface area contributed by atoms with Gasteiger partial charge in [0.05, 0.1) is 0 Å². The van der Waals surface area contributed by atoms with Gasteiger partial charge < -0.3 is 5.32 Å². The van der Waals surface area contributed by atoms with E-state index in [9.17, 15) is 0 Å². The molecule has 0 unspecified atom stereocenters. The van der Waals surface area contributed by atoms with Crippen LogP contribution in [0.4, 0.5) is 0 Å². The molecule has 0 aromatic heterocycles. The van der Waals surface area contributed by atoms with Crippen molar-refractivity contribution in [2.24, 2.45) is 0 Å². The van der Waals surface area contributed by atoms with Gasteiger partial charge in [-0.05, 0) is 43.8 Å². The average molecular weight is 174 g/mol. The van der Waals surface area contributed by atoms with E-state index in [-0.39, 0.29) is 5.41 Å². The highest BCUT2D eigenvalue weighted by Gasteiger charge is 2.28. The molecule has 0 atom stereocenters. The predicted octanol–water partition coefficient (Wildman–Crippen LogP) is 2.14. The average Bonchev–Trinajstić information content (AvgIpc) is 2.20. The highest BCUT2D eigenvalue weighted by atomic mass is 14.9. The summed E-state index contributed by atoms with van der Waals surface area (Å²) >= 11 is 0. The van der Waals surface area contributed by atoms with Crippen molar-refractivity contribution in [2.75, 3.05) is 13.1 Å². The SMILES string of the molecule is [CH2]C1(c2ccccc2)CCNCC1. The zero-order valence-corrected chi connectivity index (χ0v) is 7.92. The fraction of sp³-hybridized carbons (Fsp3) is 0.417. The minimum absolute atomic E-state index is 0.159. The number of hydrogen-bond acceptors (Lipinski definition) is 1. The van der Waals surface area contributed by atoms with Gasteiger partial charge in [0, 0.05) is 0 Å². The lowest BCUT2D eigenvalue weighted by atomic mass is 9.75. The van der Waals surface area contributed by atoms with Crippen molar-refractivity contribution in [2.45, 2.75) is 18.3 Å². The number of rotatable bonds is 1. The van der Waals surface area contributed by atoms with E-state index in [1.165, 1.54) is 5.56 Å². The van der Waals surface area contributed by atoms with E-state index < -0.39 is 0 Å². The number of hydrogen-bond donors (Lipinski definition) is 1. The maximum Gasteiger partial charge on any atom is -0.00226 e. The van der Waals surface area contributed by atoms with Crippen LogP contribution in [0.5, 0.6) is 0 Å². The van der Waals surface area contributed by atoms with Crippen LogP contribution < -0.4 is 5.32 Å². The molecule has 0 saturated carbocycles. The first-order valence-corrected chi connectivity index (χ1v) is 4.93. The van der Waals surface area contributed by atoms with Gasteiger partial charge in [-0.25, -0.2) is 0 Å². The van der Waals surface area contributed by atoms with Crippen molar-refractivity contribution in [3.63, 3.8) is 0 Å². The summed E-state index contributed by atoms with van der Waals surface area (Å²) in [7, 11) is 0. The van der Waals surface area contributed by atoms with Crippen LogP contribution in [0.25, 0.3) is 0 Å². The summed E-state index contributed by atoms with van der Waals surface area (Å²) in [5.41, 5.74) is 1.54. The van der Waals surface area contributed by atoms with E-state index in [0.29, 0.717) is 0 Å². The minimum atomic E-state index is 0.159. The zero-order chi connectivity index (χ0) is 9.15. The largest absolute Gasteiger partial charge is 0.317 e. The number of benzene rings is 1. The van der Waals surface area contributed by atoms with Crippen LogP contribution in [-0.4, -0.2) is 13.1 Å². The molecule has 69 valence electrons. The highest BCUT2D eigenvalue weighted by molar-refractivity contribution is 5.27. The lowest BCUT2D eigenvalue weighted by Crippen LogP contribution is -2.37. The molecule has 13 heavy (non-hydrogen) atoms. The molecule has 1 aliphatic rings. The molecule has 1 heterocycles. The van der Waals surface area contributed by atoms with Crippen molar-refractivity contribution < 1.29 is 0 Å². The van der Waals surface area contributed by atoms with E-state index >= 15 is 0 Å². The fourth-order valence-electron chi connectivity index (χ4n) is 1.99. The van der Waals surface area contributed by atoms with Crippen molar-refractivity contribution in [3.8, 4) is 0 Å². The molecule has 1 aliphatic heterocycles. The maximum absolute atomic E-state index is 4.36. The quantitative estimate of drug-likeness (QED) is 0.688. The summed E-state index contributed by atoms with van der Waals surface area (Å²) in [6.45, 7) is 6.55. The van der Waals surface area contributed by atoms with Gasteiger partial charge in [-0.1, -0.05) is 30.3 Å². The molecule has 1 saturated heterocycles. The zero-order valence-electron chi connectivity index (χ0n) is 7.92. The van der Waals surface area contributed by atoms with Gasteiger partial charge in [-0.2, -0.15) is 0 Å². The monoisotopic (exact) mass is 174 g/mol. The molecule has 0 bridgehead atoms. The van der Waals surface area contributed by atoms with E-state index in [4.69, 9.17) is 0 Å². The van der Waals surface area contributed by atoms with Crippen LogP contribution in [0.2, 0.25) is 0 Å². The van der Waals surface area contributed by atoms with Crippen LogP contribution in [0.1, 0.15) is 18.4 Å². The molecule has 0 aliphatic carbocycles.